The molecule has 0 radical (unpaired) electrons. The number of nitrogens with one attached hydrogen (secondary N) is 1. The predicted octanol–water partition coefficient (Wildman–Crippen LogP) is 1.57. The number of fused-ring (bicyclic) bond motifs is 2. The summed E-state index contributed by atoms with van der Waals surface area (Å²) in [5, 5.41) is 2.74. The van der Waals surface area contributed by atoms with Crippen LogP contribution in [0.25, 0.3) is 0 Å². The summed E-state index contributed by atoms with van der Waals surface area (Å²) in [5.41, 5.74) is 0.340. The first-order valence-electron chi connectivity index (χ1n) is 10.0. The number of rotatable bonds is 7. The Kier molecular flexibility index (Phi) is 6.08. The molecule has 0 aliphatic carbocycles. The van der Waals surface area contributed by atoms with Crippen LogP contribution >= 0.6 is 0 Å². The highest BCUT2D eigenvalue weighted by atomic mass is 32.2. The minimum absolute atomic E-state index is 0.148. The molecule has 0 bridgehead atoms. The Labute approximate surface area is 180 Å². The molecule has 1 unspecified atom stereocenters. The Morgan fingerprint density at radius 2 is 1.74 bits per heavy atom. The van der Waals surface area contributed by atoms with Gasteiger partial charge in [0.25, 0.3) is 0 Å². The van der Waals surface area contributed by atoms with Crippen molar-refractivity contribution in [1.82, 2.24) is 5.32 Å². The van der Waals surface area contributed by atoms with Crippen molar-refractivity contribution in [1.29, 1.82) is 0 Å². The summed E-state index contributed by atoms with van der Waals surface area (Å²) in [5.74, 6) is 1.66. The van der Waals surface area contributed by atoms with Gasteiger partial charge >= 0.3 is 0 Å². The van der Waals surface area contributed by atoms with Crippen LogP contribution in [0.2, 0.25) is 0 Å². The van der Waals surface area contributed by atoms with E-state index in [1.807, 2.05) is 18.2 Å². The van der Waals surface area contributed by atoms with Crippen LogP contribution < -0.4 is 28.6 Å². The number of para-hydroxylation sites is 2. The van der Waals surface area contributed by atoms with Gasteiger partial charge in [-0.2, -0.15) is 0 Å². The van der Waals surface area contributed by atoms with E-state index in [0.29, 0.717) is 41.9 Å². The maximum absolute atomic E-state index is 12.7. The third kappa shape index (κ3) is 4.79. The SMILES string of the molecule is CCS(=O)(=O)N(CC(=O)NCC1COc2ccccc2O1)c1ccc2c(c1)OCCO2. The van der Waals surface area contributed by atoms with Gasteiger partial charge in [-0.15, -0.1) is 0 Å². The Bertz CT molecular complexity index is 1060. The van der Waals surface area contributed by atoms with E-state index in [4.69, 9.17) is 18.9 Å². The van der Waals surface area contributed by atoms with Crippen LogP contribution in [0, 0.1) is 0 Å². The number of benzene rings is 2. The van der Waals surface area contributed by atoms with E-state index in [0.717, 1.165) is 4.31 Å². The number of carbonyl (C=O) groups is 1. The highest BCUT2D eigenvalue weighted by Crippen LogP contribution is 2.35. The average Bonchev–Trinajstić information content (AvgIpc) is 2.80. The molecule has 4 rings (SSSR count). The molecule has 0 spiro atoms. The van der Waals surface area contributed by atoms with E-state index in [1.54, 1.807) is 24.3 Å². The second-order valence-corrected chi connectivity index (χ2v) is 9.22. The van der Waals surface area contributed by atoms with E-state index in [1.165, 1.54) is 6.92 Å². The Hall–Kier alpha value is -3.14. The van der Waals surface area contributed by atoms with Crippen LogP contribution in [0.1, 0.15) is 6.92 Å². The van der Waals surface area contributed by atoms with Gasteiger partial charge in [-0.05, 0) is 31.2 Å². The summed E-state index contributed by atoms with van der Waals surface area (Å²) in [6.45, 7) is 2.46. The zero-order chi connectivity index (χ0) is 21.8. The number of nitrogens with zero attached hydrogens (tertiary/aromatic N) is 1. The zero-order valence-electron chi connectivity index (χ0n) is 17.1. The van der Waals surface area contributed by atoms with Crippen LogP contribution in [0.3, 0.4) is 0 Å². The molecule has 2 aromatic rings. The van der Waals surface area contributed by atoms with Crippen molar-refractivity contribution in [3.05, 3.63) is 42.5 Å². The molecular formula is C21H24N2O7S. The fourth-order valence-corrected chi connectivity index (χ4v) is 4.33. The predicted molar refractivity (Wildman–Crippen MR) is 114 cm³/mol. The second-order valence-electron chi connectivity index (χ2n) is 7.04. The van der Waals surface area contributed by atoms with Crippen molar-refractivity contribution in [2.75, 3.05) is 43.0 Å². The average molecular weight is 448 g/mol. The van der Waals surface area contributed by atoms with Crippen molar-refractivity contribution < 1.29 is 32.2 Å². The van der Waals surface area contributed by atoms with Crippen LogP contribution in [0.5, 0.6) is 23.0 Å². The van der Waals surface area contributed by atoms with Crippen molar-refractivity contribution in [2.24, 2.45) is 0 Å². The minimum Gasteiger partial charge on any atom is -0.486 e. The molecule has 2 aliphatic heterocycles. The molecule has 1 amide bonds. The molecule has 31 heavy (non-hydrogen) atoms. The maximum atomic E-state index is 12.7. The summed E-state index contributed by atoms with van der Waals surface area (Å²) in [7, 11) is -3.70. The molecule has 1 atom stereocenters. The van der Waals surface area contributed by atoms with Gasteiger partial charge in [0.15, 0.2) is 23.0 Å². The molecule has 0 fully saturated rings. The third-order valence-corrected chi connectivity index (χ3v) is 6.64. The van der Waals surface area contributed by atoms with Gasteiger partial charge in [0, 0.05) is 6.07 Å². The Balaban J connectivity index is 1.42. The van der Waals surface area contributed by atoms with Gasteiger partial charge in [-0.1, -0.05) is 12.1 Å². The third-order valence-electron chi connectivity index (χ3n) is 4.90. The van der Waals surface area contributed by atoms with E-state index >= 15 is 0 Å². The van der Waals surface area contributed by atoms with Crippen LogP contribution in [0.15, 0.2) is 42.5 Å². The lowest BCUT2D eigenvalue weighted by Crippen LogP contribution is -2.46. The number of carbonyl (C=O) groups excluding carboxylic acids is 1. The van der Waals surface area contributed by atoms with Gasteiger partial charge in [-0.25, -0.2) is 8.42 Å². The minimum atomic E-state index is -3.70. The van der Waals surface area contributed by atoms with Gasteiger partial charge in [0.2, 0.25) is 15.9 Å². The molecule has 166 valence electrons. The molecule has 2 aromatic carbocycles. The fourth-order valence-electron chi connectivity index (χ4n) is 3.27. The molecule has 9 nitrogen and oxygen atoms in total. The lowest BCUT2D eigenvalue weighted by molar-refractivity contribution is -0.120. The lowest BCUT2D eigenvalue weighted by Gasteiger charge is -2.28. The van der Waals surface area contributed by atoms with Crippen molar-refractivity contribution in [2.45, 2.75) is 13.0 Å². The van der Waals surface area contributed by atoms with Crippen molar-refractivity contribution >= 4 is 21.6 Å². The van der Waals surface area contributed by atoms with E-state index < -0.39 is 15.9 Å². The second kappa shape index (κ2) is 8.93. The summed E-state index contributed by atoms with van der Waals surface area (Å²) >= 11 is 0. The number of hydrogen-bond acceptors (Lipinski definition) is 7. The highest BCUT2D eigenvalue weighted by Gasteiger charge is 2.27. The molecule has 0 saturated carbocycles. The van der Waals surface area contributed by atoms with E-state index in [2.05, 4.69) is 5.32 Å². The van der Waals surface area contributed by atoms with E-state index in [9.17, 15) is 13.2 Å². The van der Waals surface area contributed by atoms with Gasteiger partial charge in [-0.3, -0.25) is 9.10 Å². The molecule has 2 heterocycles. The Morgan fingerprint density at radius 1 is 1.03 bits per heavy atom. The molecule has 2 aliphatic rings. The number of hydrogen-bond donors (Lipinski definition) is 1. The van der Waals surface area contributed by atoms with Crippen LogP contribution in [-0.4, -0.2) is 59.1 Å². The van der Waals surface area contributed by atoms with E-state index in [-0.39, 0.29) is 31.6 Å². The summed E-state index contributed by atoms with van der Waals surface area (Å²) in [4.78, 5) is 12.6. The first kappa shape index (κ1) is 21.1. The number of sulfonamides is 1. The molecule has 0 saturated heterocycles. The maximum Gasteiger partial charge on any atom is 0.240 e. The summed E-state index contributed by atoms with van der Waals surface area (Å²) in [6.07, 6.45) is -0.371. The first-order valence-corrected chi connectivity index (χ1v) is 11.6. The standard InChI is InChI=1S/C21H24N2O7S/c1-2-31(25,26)23(15-7-8-18-20(11-15)28-10-9-27-18)13-21(24)22-12-16-14-29-17-5-3-4-6-19(17)30-16/h3-8,11,16H,2,9-10,12-14H2,1H3,(H,22,24). The smallest absolute Gasteiger partial charge is 0.240 e. The van der Waals surface area contributed by atoms with Gasteiger partial charge in [0.1, 0.15) is 32.5 Å². The molecule has 1 N–H and O–H groups in total. The molecule has 10 heteroatoms. The summed E-state index contributed by atoms with van der Waals surface area (Å²) in [6, 6.07) is 12.1. The molecular weight excluding hydrogens is 424 g/mol. The topological polar surface area (TPSA) is 103 Å². The first-order chi connectivity index (χ1) is 15.0. The summed E-state index contributed by atoms with van der Waals surface area (Å²) < 4.78 is 48.9. The van der Waals surface area contributed by atoms with Crippen molar-refractivity contribution in [3.8, 4) is 23.0 Å². The van der Waals surface area contributed by atoms with Crippen LogP contribution in [0.4, 0.5) is 5.69 Å². The normalized spacial score (nSPS) is 17.0. The zero-order valence-corrected chi connectivity index (χ0v) is 17.9. The fraction of sp³-hybridized carbons (Fsp3) is 0.381. The number of anilines is 1. The number of amides is 1. The van der Waals surface area contributed by atoms with Crippen molar-refractivity contribution in [3.63, 3.8) is 0 Å². The highest BCUT2D eigenvalue weighted by molar-refractivity contribution is 7.92. The largest absolute Gasteiger partial charge is 0.486 e. The van der Waals surface area contributed by atoms with Gasteiger partial charge < -0.3 is 24.3 Å². The van der Waals surface area contributed by atoms with Crippen LogP contribution in [-0.2, 0) is 14.8 Å². The Morgan fingerprint density at radius 3 is 2.52 bits per heavy atom. The number of ether oxygens (including phenoxy) is 4. The quantitative estimate of drug-likeness (QED) is 0.686. The monoisotopic (exact) mass is 448 g/mol. The van der Waals surface area contributed by atoms with Gasteiger partial charge in [0.05, 0.1) is 18.0 Å². The lowest BCUT2D eigenvalue weighted by atomic mass is 10.2. The molecule has 0 aromatic heterocycles.